The van der Waals surface area contributed by atoms with Crippen LogP contribution in [-0.2, 0) is 0 Å². The zero-order chi connectivity index (χ0) is 12.3. The Labute approximate surface area is 92.3 Å². The van der Waals surface area contributed by atoms with Gasteiger partial charge in [-0.25, -0.2) is 0 Å². The zero-order valence-electron chi connectivity index (χ0n) is 9.12. The Morgan fingerprint density at radius 3 is 2.19 bits per heavy atom. The molecule has 1 aromatic rings. The van der Waals surface area contributed by atoms with Gasteiger partial charge in [0.05, 0.1) is 6.54 Å². The second-order valence-electron chi connectivity index (χ2n) is 3.80. The van der Waals surface area contributed by atoms with Gasteiger partial charge < -0.3 is 5.11 Å². The molecule has 16 heavy (non-hydrogen) atoms. The lowest BCUT2D eigenvalue weighted by atomic mass is 10.1. The molecule has 0 spiro atoms. The number of aromatic hydroxyl groups is 1. The topological polar surface area (TPSA) is 23.5 Å². The van der Waals surface area contributed by atoms with Crippen LogP contribution in [0.3, 0.4) is 0 Å². The lowest BCUT2D eigenvalue weighted by molar-refractivity contribution is -0.147. The summed E-state index contributed by atoms with van der Waals surface area (Å²) in [5.74, 6) is 0.106. The van der Waals surface area contributed by atoms with E-state index in [0.29, 0.717) is 0 Å². The van der Waals surface area contributed by atoms with Crippen LogP contribution in [0.2, 0.25) is 0 Å². The first kappa shape index (κ1) is 12.8. The Morgan fingerprint density at radius 1 is 1.25 bits per heavy atom. The Hall–Kier alpha value is -1.23. The summed E-state index contributed by atoms with van der Waals surface area (Å²) in [6, 6.07) is 5.82. The second-order valence-corrected chi connectivity index (χ2v) is 3.80. The molecule has 90 valence electrons. The molecular weight excluding hydrogens is 219 g/mol. The van der Waals surface area contributed by atoms with Gasteiger partial charge in [0.2, 0.25) is 0 Å². The van der Waals surface area contributed by atoms with Gasteiger partial charge >= 0.3 is 6.18 Å². The van der Waals surface area contributed by atoms with Crippen molar-refractivity contribution in [2.45, 2.75) is 19.1 Å². The standard InChI is InChI=1S/C11H14F3NO/c1-8(15(2)7-11(12,13)14)9-3-5-10(16)6-4-9/h3-6,8,16H,7H2,1-2H3. The third kappa shape index (κ3) is 3.73. The quantitative estimate of drug-likeness (QED) is 0.867. The minimum Gasteiger partial charge on any atom is -0.508 e. The van der Waals surface area contributed by atoms with E-state index in [9.17, 15) is 13.2 Å². The highest BCUT2D eigenvalue weighted by atomic mass is 19.4. The average molecular weight is 233 g/mol. The van der Waals surface area contributed by atoms with Gasteiger partial charge in [0.25, 0.3) is 0 Å². The van der Waals surface area contributed by atoms with E-state index < -0.39 is 12.7 Å². The fraction of sp³-hybridized carbons (Fsp3) is 0.455. The molecule has 0 amide bonds. The molecule has 0 aliphatic carbocycles. The van der Waals surface area contributed by atoms with Crippen molar-refractivity contribution in [2.75, 3.05) is 13.6 Å². The zero-order valence-corrected chi connectivity index (χ0v) is 9.12. The predicted molar refractivity (Wildman–Crippen MR) is 55.2 cm³/mol. The molecule has 2 nitrogen and oxygen atoms in total. The number of alkyl halides is 3. The smallest absolute Gasteiger partial charge is 0.401 e. The number of hydrogen-bond acceptors (Lipinski definition) is 2. The van der Waals surface area contributed by atoms with Gasteiger partial charge in [-0.3, -0.25) is 4.90 Å². The van der Waals surface area contributed by atoms with Crippen LogP contribution in [-0.4, -0.2) is 29.8 Å². The van der Waals surface area contributed by atoms with Crippen LogP contribution in [0, 0.1) is 0 Å². The van der Waals surface area contributed by atoms with Crippen LogP contribution >= 0.6 is 0 Å². The fourth-order valence-corrected chi connectivity index (χ4v) is 1.43. The first-order valence-corrected chi connectivity index (χ1v) is 4.85. The summed E-state index contributed by atoms with van der Waals surface area (Å²) in [5.41, 5.74) is 0.740. The first-order valence-electron chi connectivity index (χ1n) is 4.85. The largest absolute Gasteiger partial charge is 0.508 e. The van der Waals surface area contributed by atoms with Crippen molar-refractivity contribution < 1.29 is 18.3 Å². The number of phenolic OH excluding ortho intramolecular Hbond substituents is 1. The van der Waals surface area contributed by atoms with Gasteiger partial charge in [0, 0.05) is 6.04 Å². The summed E-state index contributed by atoms with van der Waals surface area (Å²) in [5, 5.41) is 9.07. The monoisotopic (exact) mass is 233 g/mol. The number of benzene rings is 1. The van der Waals surface area contributed by atoms with Gasteiger partial charge in [0.15, 0.2) is 0 Å². The van der Waals surface area contributed by atoms with E-state index >= 15 is 0 Å². The highest BCUT2D eigenvalue weighted by Crippen LogP contribution is 2.24. The van der Waals surface area contributed by atoms with Crippen molar-refractivity contribution >= 4 is 0 Å². The van der Waals surface area contributed by atoms with Gasteiger partial charge in [-0.15, -0.1) is 0 Å². The van der Waals surface area contributed by atoms with Crippen molar-refractivity contribution in [1.29, 1.82) is 0 Å². The number of phenols is 1. The summed E-state index contributed by atoms with van der Waals surface area (Å²) in [6.07, 6.45) is -4.19. The Bertz CT molecular complexity index is 334. The van der Waals surface area contributed by atoms with E-state index in [4.69, 9.17) is 5.11 Å². The molecule has 1 atom stereocenters. The molecule has 0 bridgehead atoms. The summed E-state index contributed by atoms with van der Waals surface area (Å²) in [7, 11) is 1.42. The van der Waals surface area contributed by atoms with Crippen LogP contribution < -0.4 is 0 Å². The molecule has 0 fully saturated rings. The Morgan fingerprint density at radius 2 is 1.75 bits per heavy atom. The van der Waals surface area contributed by atoms with Crippen molar-refractivity contribution in [3.63, 3.8) is 0 Å². The normalized spacial score (nSPS) is 14.1. The summed E-state index contributed by atoms with van der Waals surface area (Å²) >= 11 is 0. The van der Waals surface area contributed by atoms with E-state index in [-0.39, 0.29) is 11.8 Å². The van der Waals surface area contributed by atoms with Gasteiger partial charge in [-0.2, -0.15) is 13.2 Å². The van der Waals surface area contributed by atoms with Crippen LogP contribution in [0.25, 0.3) is 0 Å². The van der Waals surface area contributed by atoms with Crippen LogP contribution in [0.5, 0.6) is 5.75 Å². The Balaban J connectivity index is 2.70. The van der Waals surface area contributed by atoms with Crippen molar-refractivity contribution in [3.05, 3.63) is 29.8 Å². The number of nitrogens with zero attached hydrogens (tertiary/aromatic N) is 1. The van der Waals surface area contributed by atoms with E-state index in [1.54, 1.807) is 19.1 Å². The van der Waals surface area contributed by atoms with Crippen molar-refractivity contribution in [3.8, 4) is 5.75 Å². The van der Waals surface area contributed by atoms with E-state index in [1.165, 1.54) is 24.1 Å². The lowest BCUT2D eigenvalue weighted by Crippen LogP contribution is -2.33. The molecule has 1 rings (SSSR count). The Kier molecular flexibility index (Phi) is 3.80. The third-order valence-electron chi connectivity index (χ3n) is 2.47. The molecule has 0 saturated heterocycles. The van der Waals surface area contributed by atoms with Crippen LogP contribution in [0.4, 0.5) is 13.2 Å². The minimum atomic E-state index is -4.19. The SMILES string of the molecule is CC(c1ccc(O)cc1)N(C)CC(F)(F)F. The second kappa shape index (κ2) is 4.74. The third-order valence-corrected chi connectivity index (χ3v) is 2.47. The lowest BCUT2D eigenvalue weighted by Gasteiger charge is -2.25. The maximum atomic E-state index is 12.2. The molecule has 0 saturated carbocycles. The van der Waals surface area contributed by atoms with E-state index in [1.807, 2.05) is 0 Å². The summed E-state index contributed by atoms with van der Waals surface area (Å²) in [6.45, 7) is 0.743. The van der Waals surface area contributed by atoms with Crippen LogP contribution in [0.15, 0.2) is 24.3 Å². The van der Waals surface area contributed by atoms with E-state index in [0.717, 1.165) is 5.56 Å². The summed E-state index contributed by atoms with van der Waals surface area (Å²) < 4.78 is 36.5. The molecular formula is C11H14F3NO. The minimum absolute atomic E-state index is 0.106. The van der Waals surface area contributed by atoms with Crippen molar-refractivity contribution in [2.24, 2.45) is 0 Å². The highest BCUT2D eigenvalue weighted by molar-refractivity contribution is 5.27. The van der Waals surface area contributed by atoms with Gasteiger partial charge in [0.1, 0.15) is 5.75 Å². The van der Waals surface area contributed by atoms with Gasteiger partial charge in [-0.05, 0) is 31.7 Å². The van der Waals surface area contributed by atoms with Crippen LogP contribution in [0.1, 0.15) is 18.5 Å². The molecule has 1 N–H and O–H groups in total. The first-order chi connectivity index (χ1) is 7.29. The molecule has 0 heterocycles. The maximum Gasteiger partial charge on any atom is 0.401 e. The number of halogens is 3. The number of hydrogen-bond donors (Lipinski definition) is 1. The van der Waals surface area contributed by atoms with E-state index in [2.05, 4.69) is 0 Å². The molecule has 0 aliphatic heterocycles. The number of rotatable bonds is 3. The predicted octanol–water partition coefficient (Wildman–Crippen LogP) is 2.95. The maximum absolute atomic E-state index is 12.2. The molecule has 0 aromatic heterocycles. The molecule has 0 aliphatic rings. The van der Waals surface area contributed by atoms with Crippen molar-refractivity contribution in [1.82, 2.24) is 4.90 Å². The van der Waals surface area contributed by atoms with Gasteiger partial charge in [-0.1, -0.05) is 12.1 Å². The molecule has 0 radical (unpaired) electrons. The molecule has 5 heteroatoms. The average Bonchev–Trinajstić information content (AvgIpc) is 2.15. The molecule has 1 aromatic carbocycles. The fourth-order valence-electron chi connectivity index (χ4n) is 1.43. The summed E-state index contributed by atoms with van der Waals surface area (Å²) in [4.78, 5) is 1.21. The molecule has 1 unspecified atom stereocenters. The highest BCUT2D eigenvalue weighted by Gasteiger charge is 2.31.